The molecule has 0 atom stereocenters. The van der Waals surface area contributed by atoms with Crippen molar-refractivity contribution in [3.8, 4) is 0 Å². The topological polar surface area (TPSA) is 69.6 Å². The van der Waals surface area contributed by atoms with E-state index in [9.17, 15) is 9.59 Å². The number of hydrogen-bond donors (Lipinski definition) is 2. The molecule has 19 heavy (non-hydrogen) atoms. The minimum absolute atomic E-state index is 0.113. The lowest BCUT2D eigenvalue weighted by atomic mass is 10.3. The van der Waals surface area contributed by atoms with Crippen molar-refractivity contribution in [2.75, 3.05) is 12.4 Å². The zero-order valence-corrected chi connectivity index (χ0v) is 11.8. The summed E-state index contributed by atoms with van der Waals surface area (Å²) in [5, 5.41) is 17.5. The number of anilines is 1. The van der Waals surface area contributed by atoms with Crippen LogP contribution in [0, 0.1) is 0 Å². The summed E-state index contributed by atoms with van der Waals surface area (Å²) in [6.07, 6.45) is 0. The van der Waals surface area contributed by atoms with Gasteiger partial charge in [-0.2, -0.15) is 11.3 Å². The average molecular weight is 296 g/mol. The van der Waals surface area contributed by atoms with E-state index in [0.29, 0.717) is 11.5 Å². The van der Waals surface area contributed by atoms with E-state index in [4.69, 9.17) is 5.11 Å². The zero-order valence-electron chi connectivity index (χ0n) is 10.1. The lowest BCUT2D eigenvalue weighted by Gasteiger charge is -2.16. The molecule has 0 bridgehead atoms. The van der Waals surface area contributed by atoms with Crippen molar-refractivity contribution in [2.45, 2.75) is 6.54 Å². The van der Waals surface area contributed by atoms with E-state index in [1.54, 1.807) is 23.8 Å². The molecule has 0 aromatic carbocycles. The Balaban J connectivity index is 2.00. The monoisotopic (exact) mass is 296 g/mol. The van der Waals surface area contributed by atoms with Crippen LogP contribution in [0.25, 0.3) is 0 Å². The molecular weight excluding hydrogens is 284 g/mol. The van der Waals surface area contributed by atoms with E-state index in [2.05, 4.69) is 5.32 Å². The first-order chi connectivity index (χ1) is 9.08. The van der Waals surface area contributed by atoms with Crippen LogP contribution in [0.5, 0.6) is 0 Å². The number of rotatable bonds is 4. The van der Waals surface area contributed by atoms with Crippen molar-refractivity contribution in [3.05, 3.63) is 39.4 Å². The fourth-order valence-electron chi connectivity index (χ4n) is 1.50. The molecule has 0 aliphatic heterocycles. The molecule has 2 rings (SSSR count). The van der Waals surface area contributed by atoms with Crippen molar-refractivity contribution in [1.29, 1.82) is 0 Å². The second-order valence-electron chi connectivity index (χ2n) is 3.89. The molecule has 0 fully saturated rings. The highest BCUT2D eigenvalue weighted by Crippen LogP contribution is 2.23. The minimum Gasteiger partial charge on any atom is -0.478 e. The van der Waals surface area contributed by atoms with E-state index in [0.717, 1.165) is 5.56 Å². The molecule has 0 aliphatic carbocycles. The third-order valence-corrected chi connectivity index (χ3v) is 4.02. The molecule has 0 saturated carbocycles. The number of carbonyl (C=O) groups excluding carboxylic acids is 1. The number of carboxylic acids is 1. The number of carbonyl (C=O) groups is 2. The van der Waals surface area contributed by atoms with Crippen LogP contribution in [0.2, 0.25) is 0 Å². The third-order valence-electron chi connectivity index (χ3n) is 2.46. The first-order valence-corrected chi connectivity index (χ1v) is 7.24. The Morgan fingerprint density at radius 2 is 2.16 bits per heavy atom. The number of urea groups is 1. The van der Waals surface area contributed by atoms with E-state index >= 15 is 0 Å². The highest BCUT2D eigenvalue weighted by molar-refractivity contribution is 7.14. The molecule has 2 N–H and O–H groups in total. The molecular formula is C12H12N2O3S2. The first kappa shape index (κ1) is 13.6. The van der Waals surface area contributed by atoms with E-state index < -0.39 is 5.97 Å². The van der Waals surface area contributed by atoms with Gasteiger partial charge in [-0.3, -0.25) is 5.32 Å². The predicted octanol–water partition coefficient (Wildman–Crippen LogP) is 3.17. The Bertz CT molecular complexity index is 578. The highest BCUT2D eigenvalue weighted by Gasteiger charge is 2.16. The normalized spacial score (nSPS) is 10.2. The van der Waals surface area contributed by atoms with Crippen LogP contribution >= 0.6 is 22.7 Å². The summed E-state index contributed by atoms with van der Waals surface area (Å²) >= 11 is 2.77. The number of amides is 2. The van der Waals surface area contributed by atoms with Gasteiger partial charge in [0, 0.05) is 13.6 Å². The summed E-state index contributed by atoms with van der Waals surface area (Å²) in [5.41, 5.74) is 1.16. The molecule has 2 aromatic heterocycles. The Labute approximate surface area is 118 Å². The largest absolute Gasteiger partial charge is 0.478 e. The summed E-state index contributed by atoms with van der Waals surface area (Å²) in [6, 6.07) is 3.10. The number of carboxylic acid groups (broad SMARTS) is 1. The number of nitrogens with one attached hydrogen (secondary N) is 1. The van der Waals surface area contributed by atoms with Gasteiger partial charge in [0.1, 0.15) is 5.00 Å². The smallest absolute Gasteiger partial charge is 0.338 e. The molecule has 0 saturated heterocycles. The molecule has 0 aliphatic rings. The van der Waals surface area contributed by atoms with Gasteiger partial charge in [-0.25, -0.2) is 9.59 Å². The van der Waals surface area contributed by atoms with Crippen molar-refractivity contribution < 1.29 is 14.7 Å². The van der Waals surface area contributed by atoms with Crippen molar-refractivity contribution >= 4 is 39.7 Å². The van der Waals surface area contributed by atoms with Gasteiger partial charge in [0.25, 0.3) is 0 Å². The molecule has 7 heteroatoms. The molecule has 2 aromatic rings. The fraction of sp³-hybridized carbons (Fsp3) is 0.167. The van der Waals surface area contributed by atoms with E-state index in [1.165, 1.54) is 22.3 Å². The van der Waals surface area contributed by atoms with Gasteiger partial charge in [-0.05, 0) is 33.8 Å². The standard InChI is InChI=1S/C12H12N2O3S2/c1-14(6-8-2-4-18-7-8)12(17)13-10-9(11(15)16)3-5-19-10/h2-5,7H,6H2,1H3,(H,13,17)(H,15,16). The summed E-state index contributed by atoms with van der Waals surface area (Å²) in [6.45, 7) is 0.489. The summed E-state index contributed by atoms with van der Waals surface area (Å²) < 4.78 is 0. The number of thiophene rings is 2. The van der Waals surface area contributed by atoms with Gasteiger partial charge in [-0.1, -0.05) is 0 Å². The summed E-state index contributed by atoms with van der Waals surface area (Å²) in [7, 11) is 1.67. The predicted molar refractivity (Wildman–Crippen MR) is 76.1 cm³/mol. The van der Waals surface area contributed by atoms with Crippen LogP contribution < -0.4 is 5.32 Å². The maximum absolute atomic E-state index is 11.9. The van der Waals surface area contributed by atoms with Crippen molar-refractivity contribution in [2.24, 2.45) is 0 Å². The van der Waals surface area contributed by atoms with E-state index in [1.807, 2.05) is 16.8 Å². The van der Waals surface area contributed by atoms with Gasteiger partial charge in [0.15, 0.2) is 0 Å². The molecule has 0 radical (unpaired) electrons. The molecule has 2 amide bonds. The SMILES string of the molecule is CN(Cc1ccsc1)C(=O)Nc1sccc1C(=O)O. The quantitative estimate of drug-likeness (QED) is 0.910. The van der Waals surface area contributed by atoms with Crippen LogP contribution in [0.15, 0.2) is 28.3 Å². The second kappa shape index (κ2) is 5.85. The fourth-order valence-corrected chi connectivity index (χ4v) is 2.92. The van der Waals surface area contributed by atoms with Gasteiger partial charge in [-0.15, -0.1) is 11.3 Å². The lowest BCUT2D eigenvalue weighted by Crippen LogP contribution is -2.30. The zero-order chi connectivity index (χ0) is 13.8. The van der Waals surface area contributed by atoms with Crippen LogP contribution in [0.4, 0.5) is 9.80 Å². The van der Waals surface area contributed by atoms with Gasteiger partial charge in [0.05, 0.1) is 5.56 Å². The van der Waals surface area contributed by atoms with Crippen molar-refractivity contribution in [3.63, 3.8) is 0 Å². The number of aromatic carboxylic acids is 1. The van der Waals surface area contributed by atoms with Crippen LogP contribution in [-0.2, 0) is 6.54 Å². The number of nitrogens with zero attached hydrogens (tertiary/aromatic N) is 1. The maximum atomic E-state index is 11.9. The molecule has 0 unspecified atom stereocenters. The maximum Gasteiger partial charge on any atom is 0.338 e. The first-order valence-electron chi connectivity index (χ1n) is 5.42. The summed E-state index contributed by atoms with van der Waals surface area (Å²) in [4.78, 5) is 24.4. The average Bonchev–Trinajstić information content (AvgIpc) is 2.99. The second-order valence-corrected chi connectivity index (χ2v) is 5.58. The lowest BCUT2D eigenvalue weighted by molar-refractivity contribution is 0.0698. The summed E-state index contributed by atoms with van der Waals surface area (Å²) in [5.74, 6) is -1.04. The van der Waals surface area contributed by atoms with Gasteiger partial charge < -0.3 is 10.0 Å². The minimum atomic E-state index is -1.04. The third kappa shape index (κ3) is 3.33. The van der Waals surface area contributed by atoms with Crippen LogP contribution in [0.1, 0.15) is 15.9 Å². The van der Waals surface area contributed by atoms with E-state index in [-0.39, 0.29) is 11.6 Å². The number of hydrogen-bond acceptors (Lipinski definition) is 4. The Morgan fingerprint density at radius 3 is 2.79 bits per heavy atom. The Kier molecular flexibility index (Phi) is 4.18. The molecule has 2 heterocycles. The molecule has 0 spiro atoms. The Morgan fingerprint density at radius 1 is 1.37 bits per heavy atom. The molecule has 5 nitrogen and oxygen atoms in total. The van der Waals surface area contributed by atoms with Crippen LogP contribution in [0.3, 0.4) is 0 Å². The van der Waals surface area contributed by atoms with Gasteiger partial charge >= 0.3 is 12.0 Å². The van der Waals surface area contributed by atoms with Gasteiger partial charge in [0.2, 0.25) is 0 Å². The van der Waals surface area contributed by atoms with Crippen LogP contribution in [-0.4, -0.2) is 29.1 Å². The van der Waals surface area contributed by atoms with Crippen molar-refractivity contribution in [1.82, 2.24) is 4.90 Å². The Hall–Kier alpha value is -1.86. The highest BCUT2D eigenvalue weighted by atomic mass is 32.1. The molecule has 100 valence electrons.